The number of nitrogens with one attached hydrogen (secondary N) is 1. The third-order valence-corrected chi connectivity index (χ3v) is 5.36. The normalized spacial score (nSPS) is 26.2. The summed E-state index contributed by atoms with van der Waals surface area (Å²) in [5.74, 6) is 0.107. The smallest absolute Gasteiger partial charge is 0.229 e. The Morgan fingerprint density at radius 1 is 1.36 bits per heavy atom. The summed E-state index contributed by atoms with van der Waals surface area (Å²) >= 11 is 1.31. The van der Waals surface area contributed by atoms with Gasteiger partial charge in [0.05, 0.1) is 10.6 Å². The average Bonchev–Trinajstić information content (AvgIpc) is 2.94. The minimum Gasteiger partial charge on any atom is -0.328 e. The van der Waals surface area contributed by atoms with E-state index in [1.54, 1.807) is 0 Å². The maximum absolute atomic E-state index is 12.2. The highest BCUT2D eigenvalue weighted by atomic mass is 35.5. The van der Waals surface area contributed by atoms with Crippen LogP contribution < -0.4 is 11.1 Å². The van der Waals surface area contributed by atoms with Crippen LogP contribution in [-0.2, 0) is 11.2 Å². The van der Waals surface area contributed by atoms with E-state index in [2.05, 4.69) is 24.1 Å². The maximum atomic E-state index is 12.2. The molecular formula is C15H22ClN3O2S. The van der Waals surface area contributed by atoms with Crippen LogP contribution in [0.1, 0.15) is 54.9 Å². The van der Waals surface area contributed by atoms with E-state index >= 15 is 0 Å². The number of hydrogen-bond acceptors (Lipinski definition) is 5. The van der Waals surface area contributed by atoms with E-state index in [4.69, 9.17) is 5.73 Å². The van der Waals surface area contributed by atoms with Crippen molar-refractivity contribution in [3.63, 3.8) is 0 Å². The van der Waals surface area contributed by atoms with E-state index in [0.717, 1.165) is 31.4 Å². The van der Waals surface area contributed by atoms with Crippen molar-refractivity contribution in [2.24, 2.45) is 17.1 Å². The Morgan fingerprint density at radius 3 is 2.73 bits per heavy atom. The van der Waals surface area contributed by atoms with Gasteiger partial charge < -0.3 is 11.1 Å². The lowest BCUT2D eigenvalue weighted by Gasteiger charge is -2.26. The van der Waals surface area contributed by atoms with Crippen molar-refractivity contribution in [1.29, 1.82) is 0 Å². The van der Waals surface area contributed by atoms with Gasteiger partial charge in [-0.05, 0) is 31.1 Å². The predicted molar refractivity (Wildman–Crippen MR) is 89.7 cm³/mol. The molecule has 0 saturated heterocycles. The van der Waals surface area contributed by atoms with Gasteiger partial charge >= 0.3 is 0 Å². The lowest BCUT2D eigenvalue weighted by molar-refractivity contribution is -0.119. The Labute approximate surface area is 140 Å². The minimum absolute atomic E-state index is 0. The monoisotopic (exact) mass is 343 g/mol. The summed E-state index contributed by atoms with van der Waals surface area (Å²) in [4.78, 5) is 29.5. The van der Waals surface area contributed by atoms with Crippen LogP contribution in [0.25, 0.3) is 0 Å². The topological polar surface area (TPSA) is 85.1 Å². The van der Waals surface area contributed by atoms with Crippen LogP contribution in [0.5, 0.6) is 0 Å². The third kappa shape index (κ3) is 3.50. The molecule has 0 radical (unpaired) electrons. The van der Waals surface area contributed by atoms with Gasteiger partial charge in [-0.15, -0.1) is 12.4 Å². The molecule has 1 fully saturated rings. The molecule has 0 bridgehead atoms. The van der Waals surface area contributed by atoms with Crippen molar-refractivity contribution >= 4 is 40.6 Å². The van der Waals surface area contributed by atoms with Crippen molar-refractivity contribution in [3.05, 3.63) is 10.6 Å². The molecule has 2 unspecified atom stereocenters. The lowest BCUT2D eigenvalue weighted by Crippen LogP contribution is -2.26. The summed E-state index contributed by atoms with van der Waals surface area (Å²) in [5.41, 5.74) is 6.64. The molecule has 1 aromatic rings. The minimum atomic E-state index is -0.0440. The second-order valence-electron chi connectivity index (χ2n) is 7.00. The van der Waals surface area contributed by atoms with Crippen LogP contribution in [0.15, 0.2) is 0 Å². The molecule has 22 heavy (non-hydrogen) atoms. The first kappa shape index (κ1) is 17.4. The molecule has 1 aromatic heterocycles. The van der Waals surface area contributed by atoms with Crippen molar-refractivity contribution in [3.8, 4) is 0 Å². The number of nitrogens with zero attached hydrogens (tertiary/aromatic N) is 1. The summed E-state index contributed by atoms with van der Waals surface area (Å²) in [6.07, 6.45) is 3.81. The third-order valence-electron chi connectivity index (χ3n) is 4.31. The van der Waals surface area contributed by atoms with E-state index in [1.165, 1.54) is 11.3 Å². The molecule has 122 valence electrons. The summed E-state index contributed by atoms with van der Waals surface area (Å²) in [5, 5.41) is 3.42. The van der Waals surface area contributed by atoms with Crippen LogP contribution in [0.4, 0.5) is 5.13 Å². The Balaban J connectivity index is 0.00000176. The van der Waals surface area contributed by atoms with Gasteiger partial charge in [-0.3, -0.25) is 9.59 Å². The zero-order valence-electron chi connectivity index (χ0n) is 12.8. The Hall–Kier alpha value is -0.980. The van der Waals surface area contributed by atoms with Gasteiger partial charge in [0, 0.05) is 18.4 Å². The van der Waals surface area contributed by atoms with Gasteiger partial charge in [-0.1, -0.05) is 25.2 Å². The van der Waals surface area contributed by atoms with Crippen LogP contribution in [0.2, 0.25) is 0 Å². The molecule has 0 spiro atoms. The molecule has 0 aromatic carbocycles. The first-order valence-electron chi connectivity index (χ1n) is 7.43. The number of carbonyl (C=O) groups excluding carboxylic acids is 2. The number of amides is 1. The molecule has 1 amide bonds. The van der Waals surface area contributed by atoms with Gasteiger partial charge in [0.1, 0.15) is 0 Å². The predicted octanol–water partition coefficient (Wildman–Crippen LogP) is 2.79. The molecule has 3 rings (SSSR count). The van der Waals surface area contributed by atoms with Gasteiger partial charge in [-0.25, -0.2) is 4.98 Å². The van der Waals surface area contributed by atoms with E-state index in [1.807, 2.05) is 0 Å². The second kappa shape index (κ2) is 6.26. The number of thiazole rings is 1. The van der Waals surface area contributed by atoms with Gasteiger partial charge in [-0.2, -0.15) is 0 Å². The van der Waals surface area contributed by atoms with E-state index in [0.29, 0.717) is 16.4 Å². The second-order valence-corrected chi connectivity index (χ2v) is 7.99. The number of Topliss-reactive ketones (excluding diaryl/α,β-unsaturated/α-hetero) is 1. The van der Waals surface area contributed by atoms with Gasteiger partial charge in [0.15, 0.2) is 10.9 Å². The Kier molecular flexibility index (Phi) is 4.94. The quantitative estimate of drug-likeness (QED) is 0.864. The molecular weight excluding hydrogens is 322 g/mol. The summed E-state index contributed by atoms with van der Waals surface area (Å²) in [6, 6.07) is 0.132. The zero-order chi connectivity index (χ0) is 15.2. The molecule has 7 heteroatoms. The van der Waals surface area contributed by atoms with Crippen molar-refractivity contribution in [2.75, 3.05) is 5.32 Å². The number of hydrogen-bond donors (Lipinski definition) is 2. The highest BCUT2D eigenvalue weighted by molar-refractivity contribution is 7.17. The van der Waals surface area contributed by atoms with Crippen molar-refractivity contribution in [1.82, 2.24) is 4.98 Å². The molecule has 1 saturated carbocycles. The van der Waals surface area contributed by atoms with Crippen molar-refractivity contribution < 1.29 is 9.59 Å². The lowest BCUT2D eigenvalue weighted by atomic mass is 9.78. The van der Waals surface area contributed by atoms with Crippen LogP contribution in [-0.4, -0.2) is 22.7 Å². The van der Waals surface area contributed by atoms with Gasteiger partial charge in [0.25, 0.3) is 0 Å². The number of fused-ring (bicyclic) bond motifs is 1. The van der Waals surface area contributed by atoms with E-state index in [-0.39, 0.29) is 41.5 Å². The molecule has 0 aliphatic heterocycles. The number of anilines is 1. The fourth-order valence-corrected chi connectivity index (χ4v) is 4.16. The largest absolute Gasteiger partial charge is 0.328 e. The zero-order valence-corrected chi connectivity index (χ0v) is 14.5. The van der Waals surface area contributed by atoms with Crippen LogP contribution in [0, 0.1) is 11.3 Å². The van der Waals surface area contributed by atoms with Crippen molar-refractivity contribution in [2.45, 2.75) is 52.0 Å². The maximum Gasteiger partial charge on any atom is 0.229 e. The van der Waals surface area contributed by atoms with Gasteiger partial charge in [0.2, 0.25) is 5.91 Å². The number of ketones is 1. The van der Waals surface area contributed by atoms with E-state index < -0.39 is 0 Å². The number of aromatic nitrogens is 1. The molecule has 2 atom stereocenters. The fraction of sp³-hybridized carbons (Fsp3) is 0.667. The first-order chi connectivity index (χ1) is 9.84. The SMILES string of the molecule is CC1(C)CC(=O)c2sc(NC(=O)C3CCC(N)C3)nc2C1.Cl. The molecule has 2 aliphatic carbocycles. The molecule has 1 heterocycles. The summed E-state index contributed by atoms with van der Waals surface area (Å²) in [7, 11) is 0. The highest BCUT2D eigenvalue weighted by Gasteiger charge is 2.34. The average molecular weight is 344 g/mol. The van der Waals surface area contributed by atoms with Crippen LogP contribution >= 0.6 is 23.7 Å². The first-order valence-corrected chi connectivity index (χ1v) is 8.25. The summed E-state index contributed by atoms with van der Waals surface area (Å²) < 4.78 is 0. The van der Waals surface area contributed by atoms with E-state index in [9.17, 15) is 9.59 Å². The highest BCUT2D eigenvalue weighted by Crippen LogP contribution is 2.38. The molecule has 3 N–H and O–H groups in total. The Morgan fingerprint density at radius 2 is 2.09 bits per heavy atom. The number of carbonyl (C=O) groups is 2. The number of nitrogens with two attached hydrogens (primary N) is 1. The Bertz CT molecular complexity index is 600. The molecule has 2 aliphatic rings. The standard InChI is InChI=1S/C15H21N3O2S.ClH/c1-15(2)6-10-12(11(19)7-15)21-14(17-10)18-13(20)8-3-4-9(16)5-8;/h8-9H,3-7,16H2,1-2H3,(H,17,18,20);1H. The number of rotatable bonds is 2. The molecule has 5 nitrogen and oxygen atoms in total. The number of halogens is 1. The fourth-order valence-electron chi connectivity index (χ4n) is 3.24. The van der Waals surface area contributed by atoms with Crippen LogP contribution in [0.3, 0.4) is 0 Å². The summed E-state index contributed by atoms with van der Waals surface area (Å²) in [6.45, 7) is 4.15.